The van der Waals surface area contributed by atoms with E-state index in [1.54, 1.807) is 6.20 Å². The summed E-state index contributed by atoms with van der Waals surface area (Å²) in [6.07, 6.45) is 2.67. The van der Waals surface area contributed by atoms with Crippen molar-refractivity contribution in [1.82, 2.24) is 14.8 Å². The summed E-state index contributed by atoms with van der Waals surface area (Å²) in [5.41, 5.74) is 0.662. The molecule has 104 valence electrons. The van der Waals surface area contributed by atoms with E-state index in [9.17, 15) is 4.79 Å². The van der Waals surface area contributed by atoms with E-state index in [1.165, 1.54) is 0 Å². The first-order valence-electron chi connectivity index (χ1n) is 6.75. The van der Waals surface area contributed by atoms with Crippen LogP contribution in [0, 0.1) is 0 Å². The van der Waals surface area contributed by atoms with Crippen LogP contribution in [-0.4, -0.2) is 60.5 Å². The van der Waals surface area contributed by atoms with E-state index in [0.29, 0.717) is 5.56 Å². The lowest BCUT2D eigenvalue weighted by Gasteiger charge is -2.28. The molecule has 1 amide bonds. The van der Waals surface area contributed by atoms with Gasteiger partial charge in [-0.05, 0) is 39.1 Å². The van der Waals surface area contributed by atoms with Crippen LogP contribution >= 0.6 is 0 Å². The van der Waals surface area contributed by atoms with Crippen LogP contribution in [0.25, 0.3) is 0 Å². The average Bonchev–Trinajstić information content (AvgIpc) is 2.58. The summed E-state index contributed by atoms with van der Waals surface area (Å²) < 4.78 is 0. The van der Waals surface area contributed by atoms with Crippen molar-refractivity contribution in [3.05, 3.63) is 23.9 Å². The van der Waals surface area contributed by atoms with Gasteiger partial charge in [-0.15, -0.1) is 0 Å². The van der Waals surface area contributed by atoms with Gasteiger partial charge in [0.15, 0.2) is 0 Å². The normalized spacial score (nSPS) is 21.0. The molecule has 19 heavy (non-hydrogen) atoms. The van der Waals surface area contributed by atoms with Crippen LogP contribution in [0.3, 0.4) is 0 Å². The molecule has 0 radical (unpaired) electrons. The highest BCUT2D eigenvalue weighted by molar-refractivity contribution is 5.94. The van der Waals surface area contributed by atoms with Gasteiger partial charge in [-0.1, -0.05) is 0 Å². The molecule has 1 N–H and O–H groups in total. The number of nitrogens with one attached hydrogen (secondary N) is 1. The molecule has 1 aliphatic heterocycles. The third-order valence-electron chi connectivity index (χ3n) is 3.57. The number of carbonyl (C=O) groups excluding carboxylic acids is 1. The van der Waals surface area contributed by atoms with Gasteiger partial charge >= 0.3 is 0 Å². The summed E-state index contributed by atoms with van der Waals surface area (Å²) in [7, 11) is 3.92. The molecule has 0 saturated carbocycles. The number of hydrogen-bond donors (Lipinski definition) is 1. The smallest absolute Gasteiger partial charge is 0.255 e. The number of carbonyl (C=O) groups is 1. The quantitative estimate of drug-likeness (QED) is 0.872. The first-order valence-corrected chi connectivity index (χ1v) is 6.75. The summed E-state index contributed by atoms with van der Waals surface area (Å²) in [5.74, 6) is 0.859. The van der Waals surface area contributed by atoms with Crippen molar-refractivity contribution in [1.29, 1.82) is 0 Å². The fourth-order valence-electron chi connectivity index (χ4n) is 2.51. The molecule has 2 heterocycles. The van der Waals surface area contributed by atoms with Gasteiger partial charge in [0.05, 0.1) is 5.56 Å². The lowest BCUT2D eigenvalue weighted by molar-refractivity contribution is 0.0696. The second-order valence-electron chi connectivity index (χ2n) is 5.15. The molecule has 0 bridgehead atoms. The predicted octanol–water partition coefficient (Wildman–Crippen LogP) is 1.29. The Kier molecular flexibility index (Phi) is 4.37. The number of likely N-dealkylation sites (N-methyl/N-ethyl adjacent to an activating group) is 1. The van der Waals surface area contributed by atoms with Gasteiger partial charge in [-0.25, -0.2) is 4.98 Å². The zero-order chi connectivity index (χ0) is 13.8. The molecule has 1 saturated heterocycles. The van der Waals surface area contributed by atoms with Gasteiger partial charge in [-0.3, -0.25) is 4.79 Å². The third-order valence-corrected chi connectivity index (χ3v) is 3.57. The molecule has 1 aromatic heterocycles. The van der Waals surface area contributed by atoms with Gasteiger partial charge in [0.2, 0.25) is 0 Å². The van der Waals surface area contributed by atoms with Crippen molar-refractivity contribution in [3.8, 4) is 0 Å². The summed E-state index contributed by atoms with van der Waals surface area (Å²) in [6.45, 7) is 4.89. The summed E-state index contributed by atoms with van der Waals surface area (Å²) in [6, 6.07) is 3.91. The highest BCUT2D eigenvalue weighted by atomic mass is 16.2. The van der Waals surface area contributed by atoms with Gasteiger partial charge in [-0.2, -0.15) is 0 Å². The molecule has 1 aromatic rings. The summed E-state index contributed by atoms with van der Waals surface area (Å²) >= 11 is 0. The van der Waals surface area contributed by atoms with Gasteiger partial charge < -0.3 is 15.1 Å². The van der Waals surface area contributed by atoms with Crippen molar-refractivity contribution >= 4 is 11.7 Å². The van der Waals surface area contributed by atoms with Crippen LogP contribution in [0.4, 0.5) is 5.82 Å². The average molecular weight is 262 g/mol. The van der Waals surface area contributed by atoms with Gasteiger partial charge in [0, 0.05) is 32.4 Å². The number of hydrogen-bond acceptors (Lipinski definition) is 4. The number of pyridine rings is 1. The first kappa shape index (κ1) is 13.8. The van der Waals surface area contributed by atoms with Crippen LogP contribution in [-0.2, 0) is 0 Å². The van der Waals surface area contributed by atoms with E-state index in [1.807, 2.05) is 24.1 Å². The lowest BCUT2D eigenvalue weighted by Crippen LogP contribution is -2.42. The van der Waals surface area contributed by atoms with Gasteiger partial charge in [0.1, 0.15) is 5.82 Å². The van der Waals surface area contributed by atoms with E-state index in [-0.39, 0.29) is 11.9 Å². The Bertz CT molecular complexity index is 432. The van der Waals surface area contributed by atoms with Crippen LogP contribution in [0.2, 0.25) is 0 Å². The monoisotopic (exact) mass is 262 g/mol. The van der Waals surface area contributed by atoms with E-state index >= 15 is 0 Å². The fraction of sp³-hybridized carbons (Fsp3) is 0.571. The molecule has 0 aromatic carbocycles. The van der Waals surface area contributed by atoms with Crippen molar-refractivity contribution in [2.45, 2.75) is 19.4 Å². The molecule has 1 unspecified atom stereocenters. The predicted molar refractivity (Wildman–Crippen MR) is 76.4 cm³/mol. The number of anilines is 1. The standard InChI is InChI=1S/C14H22N4O/c1-11-10-17(3)7-4-8-18(11)14(19)12-5-6-13(15-2)16-9-12/h5-6,9,11H,4,7-8,10H2,1-3H3,(H,15,16). The maximum absolute atomic E-state index is 12.5. The molecule has 0 aliphatic carbocycles. The van der Waals surface area contributed by atoms with Crippen LogP contribution < -0.4 is 5.32 Å². The second-order valence-corrected chi connectivity index (χ2v) is 5.15. The maximum atomic E-state index is 12.5. The molecule has 1 aliphatic rings. The SMILES string of the molecule is CNc1ccc(C(=O)N2CCCN(C)CC2C)cn1. The molecule has 1 fully saturated rings. The zero-order valence-corrected chi connectivity index (χ0v) is 11.9. The zero-order valence-electron chi connectivity index (χ0n) is 11.9. The molecular weight excluding hydrogens is 240 g/mol. The minimum atomic E-state index is 0.0814. The highest BCUT2D eigenvalue weighted by Gasteiger charge is 2.24. The Hall–Kier alpha value is -1.62. The Morgan fingerprint density at radius 1 is 1.42 bits per heavy atom. The Morgan fingerprint density at radius 2 is 2.21 bits per heavy atom. The maximum Gasteiger partial charge on any atom is 0.255 e. The van der Waals surface area contributed by atoms with Crippen LogP contribution in [0.15, 0.2) is 18.3 Å². The van der Waals surface area contributed by atoms with Crippen molar-refractivity contribution < 1.29 is 4.79 Å². The number of nitrogens with zero attached hydrogens (tertiary/aromatic N) is 3. The molecule has 2 rings (SSSR count). The second kappa shape index (κ2) is 6.02. The highest BCUT2D eigenvalue weighted by Crippen LogP contribution is 2.14. The van der Waals surface area contributed by atoms with Crippen LogP contribution in [0.5, 0.6) is 0 Å². The number of aromatic nitrogens is 1. The number of amides is 1. The summed E-state index contributed by atoms with van der Waals surface area (Å²) in [4.78, 5) is 21.0. The van der Waals surface area contributed by atoms with Crippen LogP contribution in [0.1, 0.15) is 23.7 Å². The molecule has 5 nitrogen and oxygen atoms in total. The van der Waals surface area contributed by atoms with E-state index in [4.69, 9.17) is 0 Å². The van der Waals surface area contributed by atoms with Gasteiger partial charge in [0.25, 0.3) is 5.91 Å². The topological polar surface area (TPSA) is 48.5 Å². The number of rotatable bonds is 2. The minimum Gasteiger partial charge on any atom is -0.373 e. The van der Waals surface area contributed by atoms with Crippen molar-refractivity contribution in [3.63, 3.8) is 0 Å². The minimum absolute atomic E-state index is 0.0814. The molecular formula is C14H22N4O. The summed E-state index contributed by atoms with van der Waals surface area (Å²) in [5, 5.41) is 2.95. The van der Waals surface area contributed by atoms with Crippen molar-refractivity contribution in [2.75, 3.05) is 39.0 Å². The molecule has 0 spiro atoms. The third kappa shape index (κ3) is 3.23. The first-order chi connectivity index (χ1) is 9.11. The molecule has 1 atom stereocenters. The van der Waals surface area contributed by atoms with E-state index < -0.39 is 0 Å². The lowest BCUT2D eigenvalue weighted by atomic mass is 10.2. The molecule has 5 heteroatoms. The largest absolute Gasteiger partial charge is 0.373 e. The van der Waals surface area contributed by atoms with E-state index in [2.05, 4.69) is 29.2 Å². The fourth-order valence-corrected chi connectivity index (χ4v) is 2.51. The van der Waals surface area contributed by atoms with Crippen molar-refractivity contribution in [2.24, 2.45) is 0 Å². The Labute approximate surface area is 114 Å². The van der Waals surface area contributed by atoms with E-state index in [0.717, 1.165) is 31.9 Å². The Morgan fingerprint density at radius 3 is 2.84 bits per heavy atom. The Balaban J connectivity index is 2.12.